The average Bonchev–Trinajstić information content (AvgIpc) is 2.79. The van der Waals surface area contributed by atoms with Gasteiger partial charge in [-0.05, 0) is 25.5 Å². The lowest BCUT2D eigenvalue weighted by molar-refractivity contribution is 0.0667. The van der Waals surface area contributed by atoms with Crippen molar-refractivity contribution in [2.75, 3.05) is 26.9 Å². The van der Waals surface area contributed by atoms with E-state index in [1.165, 1.54) is 5.56 Å². The summed E-state index contributed by atoms with van der Waals surface area (Å²) in [5, 5.41) is -0.124. The molecule has 110 valence electrons. The van der Waals surface area contributed by atoms with Crippen LogP contribution >= 0.6 is 11.6 Å². The van der Waals surface area contributed by atoms with Gasteiger partial charge in [0.05, 0.1) is 36.2 Å². The summed E-state index contributed by atoms with van der Waals surface area (Å²) in [6.07, 6.45) is 0. The lowest BCUT2D eigenvalue weighted by Crippen LogP contribution is -2.12. The van der Waals surface area contributed by atoms with Crippen molar-refractivity contribution in [1.82, 2.24) is 9.55 Å². The molecule has 2 rings (SSSR count). The Morgan fingerprint density at radius 2 is 2.10 bits per heavy atom. The predicted octanol–water partition coefficient (Wildman–Crippen LogP) is 3.31. The molecule has 0 N–H and O–H groups in total. The minimum Gasteiger partial charge on any atom is -0.382 e. The summed E-state index contributed by atoms with van der Waals surface area (Å²) in [5.41, 5.74) is 3.34. The number of aryl methyl sites for hydroxylation is 1. The van der Waals surface area contributed by atoms with Gasteiger partial charge < -0.3 is 14.0 Å². The van der Waals surface area contributed by atoms with E-state index in [4.69, 9.17) is 21.1 Å². The molecule has 1 heterocycles. The number of halogens is 1. The number of aromatic nitrogens is 2. The molecule has 1 unspecified atom stereocenters. The number of benzene rings is 1. The van der Waals surface area contributed by atoms with Crippen LogP contribution in [0.15, 0.2) is 18.2 Å². The van der Waals surface area contributed by atoms with Crippen LogP contribution in [-0.2, 0) is 16.0 Å². The van der Waals surface area contributed by atoms with Crippen molar-refractivity contribution in [3.05, 3.63) is 29.6 Å². The Labute approximate surface area is 124 Å². The minimum atomic E-state index is -0.124. The smallest absolute Gasteiger partial charge is 0.127 e. The van der Waals surface area contributed by atoms with Crippen LogP contribution in [0, 0.1) is 6.92 Å². The maximum atomic E-state index is 6.25. The molecule has 0 spiro atoms. The zero-order valence-electron chi connectivity index (χ0n) is 12.2. The minimum absolute atomic E-state index is 0.124. The second-order valence-electron chi connectivity index (χ2n) is 4.79. The van der Waals surface area contributed by atoms with Gasteiger partial charge >= 0.3 is 0 Å². The van der Waals surface area contributed by atoms with E-state index in [1.807, 2.05) is 19.1 Å². The van der Waals surface area contributed by atoms with Crippen LogP contribution in [0.2, 0.25) is 0 Å². The standard InChI is InChI=1S/C15H21ClN2O2/c1-11-5-4-6-13-14(11)18(15(17-13)12(2)16)7-8-20-10-9-19-3/h4-6,12H,7-10H2,1-3H3. The van der Waals surface area contributed by atoms with Crippen LogP contribution in [0.5, 0.6) is 0 Å². The summed E-state index contributed by atoms with van der Waals surface area (Å²) in [6.45, 7) is 6.63. The second-order valence-corrected chi connectivity index (χ2v) is 5.44. The van der Waals surface area contributed by atoms with E-state index in [9.17, 15) is 0 Å². The van der Waals surface area contributed by atoms with E-state index in [-0.39, 0.29) is 5.38 Å². The topological polar surface area (TPSA) is 36.3 Å². The first-order valence-electron chi connectivity index (χ1n) is 6.81. The van der Waals surface area contributed by atoms with Crippen molar-refractivity contribution in [3.8, 4) is 0 Å². The highest BCUT2D eigenvalue weighted by Crippen LogP contribution is 2.26. The first-order chi connectivity index (χ1) is 9.65. The molecule has 0 aliphatic heterocycles. The molecule has 4 nitrogen and oxygen atoms in total. The first kappa shape index (κ1) is 15.3. The molecule has 0 bridgehead atoms. The number of imidazole rings is 1. The molecule has 0 fully saturated rings. The molecule has 2 aromatic rings. The van der Waals surface area contributed by atoms with E-state index in [2.05, 4.69) is 22.5 Å². The molecule has 0 aliphatic rings. The maximum Gasteiger partial charge on any atom is 0.127 e. The van der Waals surface area contributed by atoms with Crippen molar-refractivity contribution in [2.24, 2.45) is 0 Å². The molecule has 0 saturated carbocycles. The summed E-state index contributed by atoms with van der Waals surface area (Å²) in [4.78, 5) is 4.64. The SMILES string of the molecule is COCCOCCn1c(C(C)Cl)nc2cccc(C)c21. The Balaban J connectivity index is 2.22. The van der Waals surface area contributed by atoms with Gasteiger partial charge in [0.25, 0.3) is 0 Å². The first-order valence-corrected chi connectivity index (χ1v) is 7.25. The fourth-order valence-electron chi connectivity index (χ4n) is 2.31. The third kappa shape index (κ3) is 3.32. The largest absolute Gasteiger partial charge is 0.382 e. The highest BCUT2D eigenvalue weighted by atomic mass is 35.5. The van der Waals surface area contributed by atoms with Crippen molar-refractivity contribution in [1.29, 1.82) is 0 Å². The number of methoxy groups -OCH3 is 1. The van der Waals surface area contributed by atoms with Crippen LogP contribution in [0.4, 0.5) is 0 Å². The summed E-state index contributed by atoms with van der Waals surface area (Å²) in [6, 6.07) is 6.13. The van der Waals surface area contributed by atoms with Gasteiger partial charge in [-0.2, -0.15) is 0 Å². The van der Waals surface area contributed by atoms with Gasteiger partial charge in [-0.25, -0.2) is 4.98 Å². The monoisotopic (exact) mass is 296 g/mol. The lowest BCUT2D eigenvalue weighted by Gasteiger charge is -2.12. The number of ether oxygens (including phenoxy) is 2. The normalized spacial score (nSPS) is 13.0. The number of hydrogen-bond donors (Lipinski definition) is 0. The van der Waals surface area contributed by atoms with Crippen molar-refractivity contribution >= 4 is 22.6 Å². The van der Waals surface area contributed by atoms with E-state index in [0.29, 0.717) is 19.8 Å². The van der Waals surface area contributed by atoms with Crippen molar-refractivity contribution in [2.45, 2.75) is 25.8 Å². The molecular weight excluding hydrogens is 276 g/mol. The van der Waals surface area contributed by atoms with E-state index >= 15 is 0 Å². The number of alkyl halides is 1. The number of para-hydroxylation sites is 1. The molecule has 0 aliphatic carbocycles. The summed E-state index contributed by atoms with van der Waals surface area (Å²) < 4.78 is 12.7. The Bertz CT molecular complexity index is 566. The van der Waals surface area contributed by atoms with E-state index in [1.54, 1.807) is 7.11 Å². The van der Waals surface area contributed by atoms with Crippen LogP contribution in [0.25, 0.3) is 11.0 Å². The van der Waals surface area contributed by atoms with Crippen LogP contribution in [0.1, 0.15) is 23.7 Å². The molecule has 1 atom stereocenters. The number of rotatable bonds is 7. The molecular formula is C15H21ClN2O2. The Kier molecular flexibility index (Phi) is 5.40. The fraction of sp³-hybridized carbons (Fsp3) is 0.533. The van der Waals surface area contributed by atoms with Gasteiger partial charge in [0.2, 0.25) is 0 Å². The molecule has 1 aromatic carbocycles. The third-order valence-electron chi connectivity index (χ3n) is 3.24. The zero-order chi connectivity index (χ0) is 14.5. The maximum absolute atomic E-state index is 6.25. The second kappa shape index (κ2) is 7.07. The quantitative estimate of drug-likeness (QED) is 0.581. The number of fused-ring (bicyclic) bond motifs is 1. The number of nitrogens with zero attached hydrogens (tertiary/aromatic N) is 2. The van der Waals surface area contributed by atoms with Crippen LogP contribution in [0.3, 0.4) is 0 Å². The molecule has 5 heteroatoms. The van der Waals surface area contributed by atoms with Gasteiger partial charge in [0, 0.05) is 13.7 Å². The highest BCUT2D eigenvalue weighted by Gasteiger charge is 2.15. The van der Waals surface area contributed by atoms with Gasteiger partial charge in [0.1, 0.15) is 5.82 Å². The van der Waals surface area contributed by atoms with Crippen molar-refractivity contribution in [3.63, 3.8) is 0 Å². The van der Waals surface area contributed by atoms with Gasteiger partial charge in [0.15, 0.2) is 0 Å². The molecule has 0 amide bonds. The summed E-state index contributed by atoms with van der Waals surface area (Å²) in [7, 11) is 1.67. The van der Waals surface area contributed by atoms with E-state index < -0.39 is 0 Å². The molecule has 0 radical (unpaired) electrons. The van der Waals surface area contributed by atoms with Gasteiger partial charge in [-0.1, -0.05) is 12.1 Å². The van der Waals surface area contributed by atoms with Crippen LogP contribution < -0.4 is 0 Å². The highest BCUT2D eigenvalue weighted by molar-refractivity contribution is 6.20. The Morgan fingerprint density at radius 1 is 1.30 bits per heavy atom. The average molecular weight is 297 g/mol. The summed E-state index contributed by atoms with van der Waals surface area (Å²) in [5.74, 6) is 0.895. The lowest BCUT2D eigenvalue weighted by atomic mass is 10.2. The molecule has 20 heavy (non-hydrogen) atoms. The predicted molar refractivity (Wildman–Crippen MR) is 81.4 cm³/mol. The number of hydrogen-bond acceptors (Lipinski definition) is 3. The summed E-state index contributed by atoms with van der Waals surface area (Å²) >= 11 is 6.25. The zero-order valence-corrected chi connectivity index (χ0v) is 13.0. The molecule has 0 saturated heterocycles. The van der Waals surface area contributed by atoms with Gasteiger partial charge in [-0.3, -0.25) is 0 Å². The van der Waals surface area contributed by atoms with Gasteiger partial charge in [-0.15, -0.1) is 11.6 Å². The Morgan fingerprint density at radius 3 is 2.80 bits per heavy atom. The Hall–Kier alpha value is -1.10. The fourth-order valence-corrected chi connectivity index (χ4v) is 2.48. The van der Waals surface area contributed by atoms with E-state index in [0.717, 1.165) is 23.4 Å². The third-order valence-corrected chi connectivity index (χ3v) is 3.44. The van der Waals surface area contributed by atoms with Crippen molar-refractivity contribution < 1.29 is 9.47 Å². The molecule has 1 aromatic heterocycles. The van der Waals surface area contributed by atoms with Crippen LogP contribution in [-0.4, -0.2) is 36.5 Å².